The van der Waals surface area contributed by atoms with Crippen LogP contribution in [0, 0.1) is 0 Å². The second-order valence-corrected chi connectivity index (χ2v) is 9.29. The average molecular weight is 375 g/mol. The van der Waals surface area contributed by atoms with Gasteiger partial charge < -0.3 is 18.0 Å². The van der Waals surface area contributed by atoms with Crippen molar-refractivity contribution in [1.82, 2.24) is 0 Å². The van der Waals surface area contributed by atoms with E-state index in [2.05, 4.69) is 27.4 Å². The first kappa shape index (κ1) is 24.3. The van der Waals surface area contributed by atoms with Gasteiger partial charge in [-0.05, 0) is 53.4 Å². The lowest BCUT2D eigenvalue weighted by atomic mass is 10.3. The Kier molecular flexibility index (Phi) is 12.3. The van der Waals surface area contributed by atoms with Crippen LogP contribution in [0.2, 0.25) is 6.04 Å². The zero-order valence-corrected chi connectivity index (χ0v) is 18.2. The summed E-state index contributed by atoms with van der Waals surface area (Å²) < 4.78 is 24.2. The molecule has 0 heterocycles. The smallest absolute Gasteiger partial charge is 0.462 e. The lowest BCUT2D eigenvalue weighted by Gasteiger charge is -2.36. The van der Waals surface area contributed by atoms with Gasteiger partial charge in [-0.15, -0.1) is 0 Å². The number of esters is 1. The van der Waals surface area contributed by atoms with E-state index in [1.165, 1.54) is 0 Å². The molecule has 0 aromatic heterocycles. The first-order valence-corrected chi connectivity index (χ1v) is 11.5. The molecule has 0 spiro atoms. The first-order chi connectivity index (χ1) is 11.7. The molecule has 0 bridgehead atoms. The molecule has 3 unspecified atom stereocenters. The first-order valence-electron chi connectivity index (χ1n) is 9.55. The molecule has 6 heteroatoms. The predicted molar refractivity (Wildman–Crippen MR) is 103 cm³/mol. The Morgan fingerprint density at radius 1 is 0.920 bits per heavy atom. The standard InChI is InChI=1S/C19H38O5Si/c1-9-16(6)22-25(23-17(7)10-2,24-18(8)11-3)14-12-13-21-19(20)15(4)5/h16-18H,4,9-14H2,1-3,5-8H3. The topological polar surface area (TPSA) is 54.0 Å². The number of ether oxygens (including phenoxy) is 1. The molecule has 0 fully saturated rings. The minimum atomic E-state index is -2.86. The fourth-order valence-corrected chi connectivity index (χ4v) is 5.44. The summed E-state index contributed by atoms with van der Waals surface area (Å²) >= 11 is 0. The Morgan fingerprint density at radius 3 is 1.64 bits per heavy atom. The number of hydrogen-bond acceptors (Lipinski definition) is 5. The van der Waals surface area contributed by atoms with Gasteiger partial charge in [0.1, 0.15) is 0 Å². The second-order valence-electron chi connectivity index (χ2n) is 6.71. The van der Waals surface area contributed by atoms with Crippen molar-refractivity contribution in [3.05, 3.63) is 12.2 Å². The lowest BCUT2D eigenvalue weighted by molar-refractivity contribution is -0.139. The van der Waals surface area contributed by atoms with E-state index in [-0.39, 0.29) is 24.3 Å². The van der Waals surface area contributed by atoms with Crippen LogP contribution in [0.3, 0.4) is 0 Å². The minimum Gasteiger partial charge on any atom is -0.462 e. The lowest BCUT2D eigenvalue weighted by Crippen LogP contribution is -2.51. The van der Waals surface area contributed by atoms with E-state index in [9.17, 15) is 4.79 Å². The van der Waals surface area contributed by atoms with Gasteiger partial charge in [0.2, 0.25) is 0 Å². The van der Waals surface area contributed by atoms with Crippen molar-refractivity contribution in [3.8, 4) is 0 Å². The van der Waals surface area contributed by atoms with E-state index in [0.29, 0.717) is 24.6 Å². The van der Waals surface area contributed by atoms with Gasteiger partial charge in [0.15, 0.2) is 0 Å². The number of carbonyl (C=O) groups excluding carboxylic acids is 1. The SMILES string of the molecule is C=C(C)C(=O)OCCC[Si](OC(C)CC)(OC(C)CC)OC(C)CC. The van der Waals surface area contributed by atoms with Gasteiger partial charge >= 0.3 is 14.8 Å². The van der Waals surface area contributed by atoms with Crippen LogP contribution in [0.5, 0.6) is 0 Å². The molecular weight excluding hydrogens is 336 g/mol. The van der Waals surface area contributed by atoms with E-state index in [1.807, 2.05) is 20.8 Å². The van der Waals surface area contributed by atoms with Gasteiger partial charge in [-0.3, -0.25) is 0 Å². The molecule has 0 aliphatic carbocycles. The summed E-state index contributed by atoms with van der Waals surface area (Å²) in [4.78, 5) is 11.5. The highest BCUT2D eigenvalue weighted by Crippen LogP contribution is 2.26. The molecule has 0 radical (unpaired) electrons. The van der Waals surface area contributed by atoms with Crippen LogP contribution in [-0.2, 0) is 22.8 Å². The molecule has 3 atom stereocenters. The van der Waals surface area contributed by atoms with E-state index in [0.717, 1.165) is 19.3 Å². The van der Waals surface area contributed by atoms with Gasteiger partial charge in [0.05, 0.1) is 6.61 Å². The molecule has 0 saturated heterocycles. The van der Waals surface area contributed by atoms with Crippen LogP contribution < -0.4 is 0 Å². The van der Waals surface area contributed by atoms with Gasteiger partial charge in [0.25, 0.3) is 0 Å². The Bertz CT molecular complexity index is 368. The summed E-state index contributed by atoms with van der Waals surface area (Å²) in [6.45, 7) is 18.0. The number of hydrogen-bond donors (Lipinski definition) is 0. The van der Waals surface area contributed by atoms with Gasteiger partial charge in [-0.2, -0.15) is 0 Å². The molecule has 0 rings (SSSR count). The fourth-order valence-electron chi connectivity index (χ4n) is 2.01. The normalized spacial score (nSPS) is 17.4. The Labute approximate surface area is 155 Å². The quantitative estimate of drug-likeness (QED) is 0.188. The number of rotatable bonds is 14. The molecule has 0 aromatic rings. The third-order valence-electron chi connectivity index (χ3n) is 4.08. The van der Waals surface area contributed by atoms with Crippen LogP contribution in [0.15, 0.2) is 12.2 Å². The van der Waals surface area contributed by atoms with Crippen LogP contribution in [0.4, 0.5) is 0 Å². The van der Waals surface area contributed by atoms with Crippen molar-refractivity contribution in [2.24, 2.45) is 0 Å². The molecule has 5 nitrogen and oxygen atoms in total. The summed E-state index contributed by atoms with van der Waals surface area (Å²) in [6, 6.07) is 0.634. The molecule has 0 saturated carbocycles. The predicted octanol–water partition coefficient (Wildman–Crippen LogP) is 4.88. The zero-order valence-electron chi connectivity index (χ0n) is 17.2. The second kappa shape index (κ2) is 12.6. The maximum Gasteiger partial charge on any atom is 0.501 e. The highest BCUT2D eigenvalue weighted by atomic mass is 28.4. The summed E-state index contributed by atoms with van der Waals surface area (Å²) in [5.41, 5.74) is 0.408. The third-order valence-corrected chi connectivity index (χ3v) is 7.33. The monoisotopic (exact) mass is 374 g/mol. The van der Waals surface area contributed by atoms with Crippen molar-refractivity contribution in [3.63, 3.8) is 0 Å². The molecule has 0 N–H and O–H groups in total. The van der Waals surface area contributed by atoms with Crippen LogP contribution >= 0.6 is 0 Å². The minimum absolute atomic E-state index is 0.0674. The summed E-state index contributed by atoms with van der Waals surface area (Å²) in [5, 5.41) is 0. The average Bonchev–Trinajstić information content (AvgIpc) is 2.57. The highest BCUT2D eigenvalue weighted by molar-refractivity contribution is 6.60. The number of carbonyl (C=O) groups is 1. The molecule has 25 heavy (non-hydrogen) atoms. The van der Waals surface area contributed by atoms with E-state index in [1.54, 1.807) is 6.92 Å². The summed E-state index contributed by atoms with van der Waals surface area (Å²) in [7, 11) is -2.86. The maximum atomic E-state index is 11.5. The summed E-state index contributed by atoms with van der Waals surface area (Å²) in [5.74, 6) is -0.360. The van der Waals surface area contributed by atoms with Crippen LogP contribution in [-0.4, -0.2) is 39.7 Å². The Hall–Kier alpha value is -0.693. The molecule has 0 aromatic carbocycles. The Balaban J connectivity index is 5.07. The largest absolute Gasteiger partial charge is 0.501 e. The third kappa shape index (κ3) is 10.1. The molecular formula is C19H38O5Si. The molecule has 0 amide bonds. The highest BCUT2D eigenvalue weighted by Gasteiger charge is 2.44. The van der Waals surface area contributed by atoms with Crippen molar-refractivity contribution < 1.29 is 22.8 Å². The van der Waals surface area contributed by atoms with E-state index < -0.39 is 8.80 Å². The van der Waals surface area contributed by atoms with Gasteiger partial charge in [-0.25, -0.2) is 4.79 Å². The van der Waals surface area contributed by atoms with E-state index in [4.69, 9.17) is 18.0 Å². The molecule has 0 aliphatic heterocycles. The summed E-state index contributed by atoms with van der Waals surface area (Å²) in [6.07, 6.45) is 3.54. The zero-order chi connectivity index (χ0) is 19.5. The van der Waals surface area contributed by atoms with Crippen molar-refractivity contribution in [1.29, 1.82) is 0 Å². The van der Waals surface area contributed by atoms with Crippen LogP contribution in [0.1, 0.15) is 74.1 Å². The van der Waals surface area contributed by atoms with Crippen LogP contribution in [0.25, 0.3) is 0 Å². The van der Waals surface area contributed by atoms with Crippen molar-refractivity contribution in [2.45, 2.75) is 98.5 Å². The van der Waals surface area contributed by atoms with Gasteiger partial charge in [0, 0.05) is 29.9 Å². The Morgan fingerprint density at radius 2 is 1.32 bits per heavy atom. The van der Waals surface area contributed by atoms with Crippen molar-refractivity contribution in [2.75, 3.05) is 6.61 Å². The van der Waals surface area contributed by atoms with E-state index >= 15 is 0 Å². The maximum absolute atomic E-state index is 11.5. The fraction of sp³-hybridized carbons (Fsp3) is 0.842. The molecule has 0 aliphatic rings. The van der Waals surface area contributed by atoms with Crippen molar-refractivity contribution >= 4 is 14.8 Å². The van der Waals surface area contributed by atoms with Gasteiger partial charge in [-0.1, -0.05) is 27.4 Å². The molecule has 148 valence electrons.